The summed E-state index contributed by atoms with van der Waals surface area (Å²) in [6.45, 7) is 1.95. The Balaban J connectivity index is 1.99. The Morgan fingerprint density at radius 2 is 1.69 bits per heavy atom. The number of unbranched alkanes of at least 4 members (excludes halogenated alkanes) is 1. The Kier molecular flexibility index (Phi) is 6.02. The number of rotatable bonds is 4. The number of carbonyl (C=O) groups excluding carboxylic acids is 4. The Hall–Kier alpha value is -3.96. The molecule has 1 atom stereocenters. The first-order chi connectivity index (χ1) is 14.0. The van der Waals surface area contributed by atoms with Crippen molar-refractivity contribution in [1.29, 1.82) is 0 Å². The van der Waals surface area contributed by atoms with E-state index in [1.54, 1.807) is 30.3 Å². The molecule has 12 nitrogen and oxygen atoms in total. The number of anilines is 1. The molecule has 0 aliphatic carbocycles. The monoisotopic (exact) mass is 401 g/mol. The fraction of sp³-hybridized carbons (Fsp3) is 0.294. The van der Waals surface area contributed by atoms with E-state index in [2.05, 4.69) is 20.8 Å². The van der Waals surface area contributed by atoms with Crippen LogP contribution in [-0.2, 0) is 0 Å². The summed E-state index contributed by atoms with van der Waals surface area (Å²) in [4.78, 5) is 49.8. The minimum atomic E-state index is -1.11. The van der Waals surface area contributed by atoms with Crippen molar-refractivity contribution in [2.75, 3.05) is 11.9 Å². The van der Waals surface area contributed by atoms with Gasteiger partial charge < -0.3 is 9.73 Å². The minimum Gasteiger partial charge on any atom is -0.405 e. The third kappa shape index (κ3) is 4.86. The first-order valence-electron chi connectivity index (χ1n) is 8.87. The molecule has 4 N–H and O–H groups in total. The normalized spacial score (nSPS) is 17.8. The molecule has 1 aromatic heterocycles. The van der Waals surface area contributed by atoms with E-state index < -0.39 is 30.2 Å². The standard InChI is InChI=1S/C17H19N7O5/c1-2-3-9-24-16(27)18-11(10-7-5-4-6-8-10)12-22-23-15(29-12)20-13(25)19-14(26)21-17(24)28/h4-8,11H,2-3,9H2,1H3,(H,18,27)(H3,19,20,21,23,25,26,28). The van der Waals surface area contributed by atoms with Crippen LogP contribution < -0.4 is 21.3 Å². The SMILES string of the molecule is CCCCN1C(=O)NC(=O)NC(=O)Nc2nnc(o2)C(c2ccccc2)NC1=O. The zero-order chi connectivity index (χ0) is 20.8. The number of amides is 8. The van der Waals surface area contributed by atoms with E-state index in [-0.39, 0.29) is 18.5 Å². The van der Waals surface area contributed by atoms with Crippen molar-refractivity contribution in [2.24, 2.45) is 0 Å². The van der Waals surface area contributed by atoms with Crippen molar-refractivity contribution in [3.63, 3.8) is 0 Å². The summed E-state index contributed by atoms with van der Waals surface area (Å²) in [5, 5.41) is 16.2. The zero-order valence-corrected chi connectivity index (χ0v) is 15.5. The number of carbonyl (C=O) groups is 4. The highest BCUT2D eigenvalue weighted by Gasteiger charge is 2.30. The van der Waals surface area contributed by atoms with Crippen molar-refractivity contribution in [1.82, 2.24) is 31.0 Å². The van der Waals surface area contributed by atoms with Gasteiger partial charge in [0.1, 0.15) is 6.04 Å². The summed E-state index contributed by atoms with van der Waals surface area (Å²) in [5.41, 5.74) is 0.613. The number of aromatic nitrogens is 2. The molecular weight excluding hydrogens is 382 g/mol. The summed E-state index contributed by atoms with van der Waals surface area (Å²) < 4.78 is 5.42. The number of benzene rings is 1. The van der Waals surface area contributed by atoms with Crippen LogP contribution in [0.4, 0.5) is 25.2 Å². The average molecular weight is 401 g/mol. The molecule has 1 aliphatic rings. The van der Waals surface area contributed by atoms with E-state index >= 15 is 0 Å². The van der Waals surface area contributed by atoms with Gasteiger partial charge in [-0.25, -0.2) is 24.1 Å². The number of fused-ring (bicyclic) bond motifs is 2. The number of nitrogens with one attached hydrogen (secondary N) is 4. The van der Waals surface area contributed by atoms with E-state index in [0.717, 1.165) is 4.90 Å². The lowest BCUT2D eigenvalue weighted by Crippen LogP contribution is -2.53. The second-order valence-corrected chi connectivity index (χ2v) is 6.08. The summed E-state index contributed by atoms with van der Waals surface area (Å²) in [6.07, 6.45) is 1.23. The molecule has 152 valence electrons. The van der Waals surface area contributed by atoms with E-state index in [4.69, 9.17) is 4.42 Å². The van der Waals surface area contributed by atoms with Crippen LogP contribution in [0.3, 0.4) is 0 Å². The highest BCUT2D eigenvalue weighted by Crippen LogP contribution is 2.23. The molecule has 8 amide bonds. The van der Waals surface area contributed by atoms with E-state index in [1.165, 1.54) is 0 Å². The van der Waals surface area contributed by atoms with Crippen LogP contribution in [0.15, 0.2) is 34.7 Å². The van der Waals surface area contributed by atoms with Crippen molar-refractivity contribution in [3.8, 4) is 0 Å². The number of nitrogens with zero attached hydrogens (tertiary/aromatic N) is 3. The first kappa shape index (κ1) is 19.8. The van der Waals surface area contributed by atoms with Gasteiger partial charge in [-0.2, -0.15) is 0 Å². The summed E-state index contributed by atoms with van der Waals surface area (Å²) >= 11 is 0. The highest BCUT2D eigenvalue weighted by molar-refractivity contribution is 6.07. The maximum Gasteiger partial charge on any atom is 0.333 e. The number of hydrogen-bond acceptors (Lipinski definition) is 7. The molecule has 2 bridgehead atoms. The predicted molar refractivity (Wildman–Crippen MR) is 98.8 cm³/mol. The topological polar surface area (TPSA) is 159 Å². The van der Waals surface area contributed by atoms with Gasteiger partial charge in [-0.15, -0.1) is 5.10 Å². The van der Waals surface area contributed by atoms with Crippen LogP contribution in [-0.4, -0.2) is 45.8 Å². The lowest BCUT2D eigenvalue weighted by atomic mass is 10.1. The van der Waals surface area contributed by atoms with Crippen LogP contribution in [0.2, 0.25) is 0 Å². The van der Waals surface area contributed by atoms with Gasteiger partial charge >= 0.3 is 30.1 Å². The molecule has 1 aromatic carbocycles. The fourth-order valence-electron chi connectivity index (χ4n) is 2.58. The summed E-state index contributed by atoms with van der Waals surface area (Å²) in [7, 11) is 0. The highest BCUT2D eigenvalue weighted by atomic mass is 16.4. The van der Waals surface area contributed by atoms with Gasteiger partial charge in [0.2, 0.25) is 5.89 Å². The van der Waals surface area contributed by atoms with Gasteiger partial charge in [0.15, 0.2) is 0 Å². The zero-order valence-electron chi connectivity index (χ0n) is 15.5. The molecule has 12 heteroatoms. The molecule has 0 radical (unpaired) electrons. The first-order valence-corrected chi connectivity index (χ1v) is 8.87. The molecule has 29 heavy (non-hydrogen) atoms. The van der Waals surface area contributed by atoms with E-state index in [9.17, 15) is 19.2 Å². The quantitative estimate of drug-likeness (QED) is 0.609. The maximum atomic E-state index is 12.9. The molecule has 2 aromatic rings. The van der Waals surface area contributed by atoms with Gasteiger partial charge in [0, 0.05) is 6.54 Å². The summed E-state index contributed by atoms with van der Waals surface area (Å²) in [6, 6.07) is 3.76. The third-order valence-corrected chi connectivity index (χ3v) is 3.98. The van der Waals surface area contributed by atoms with E-state index in [1.807, 2.05) is 17.6 Å². The lowest BCUT2D eigenvalue weighted by molar-refractivity contribution is 0.182. The number of hydrogen-bond donors (Lipinski definition) is 4. The number of imide groups is 3. The van der Waals surface area contributed by atoms with E-state index in [0.29, 0.717) is 18.4 Å². The van der Waals surface area contributed by atoms with Gasteiger partial charge in [-0.05, 0) is 12.0 Å². The van der Waals surface area contributed by atoms with Crippen LogP contribution in [0.1, 0.15) is 37.3 Å². The van der Waals surface area contributed by atoms with Crippen molar-refractivity contribution in [3.05, 3.63) is 41.8 Å². The average Bonchev–Trinajstić information content (AvgIpc) is 3.14. The molecule has 0 saturated carbocycles. The Labute approximate surface area is 165 Å². The van der Waals surface area contributed by atoms with Crippen molar-refractivity contribution in [2.45, 2.75) is 25.8 Å². The molecular formula is C17H19N7O5. The van der Waals surface area contributed by atoms with Gasteiger partial charge in [0.25, 0.3) is 0 Å². The third-order valence-electron chi connectivity index (χ3n) is 3.98. The van der Waals surface area contributed by atoms with Crippen LogP contribution in [0.5, 0.6) is 0 Å². The molecule has 1 unspecified atom stereocenters. The maximum absolute atomic E-state index is 12.9. The van der Waals surface area contributed by atoms with Gasteiger partial charge in [-0.1, -0.05) is 48.8 Å². The smallest absolute Gasteiger partial charge is 0.333 e. The summed E-state index contributed by atoms with van der Waals surface area (Å²) in [5.74, 6) is -0.0127. The lowest BCUT2D eigenvalue weighted by Gasteiger charge is -2.24. The molecule has 0 saturated heterocycles. The molecule has 2 heterocycles. The Morgan fingerprint density at radius 3 is 2.41 bits per heavy atom. The number of urea groups is 4. The van der Waals surface area contributed by atoms with Crippen LogP contribution in [0, 0.1) is 0 Å². The fourth-order valence-corrected chi connectivity index (χ4v) is 2.58. The second kappa shape index (κ2) is 8.82. The van der Waals surface area contributed by atoms with Gasteiger partial charge in [0.05, 0.1) is 0 Å². The van der Waals surface area contributed by atoms with Crippen LogP contribution >= 0.6 is 0 Å². The van der Waals surface area contributed by atoms with Crippen molar-refractivity contribution < 1.29 is 23.6 Å². The van der Waals surface area contributed by atoms with Crippen LogP contribution in [0.25, 0.3) is 0 Å². The predicted octanol–water partition coefficient (Wildman–Crippen LogP) is 1.94. The largest absolute Gasteiger partial charge is 0.405 e. The Bertz CT molecular complexity index is 914. The second-order valence-electron chi connectivity index (χ2n) is 6.08. The molecule has 0 fully saturated rings. The minimum absolute atomic E-state index is 0.0127. The van der Waals surface area contributed by atoms with Gasteiger partial charge in [-0.3, -0.25) is 16.0 Å². The Morgan fingerprint density at radius 1 is 0.966 bits per heavy atom. The molecule has 1 aliphatic heterocycles. The molecule has 0 spiro atoms. The van der Waals surface area contributed by atoms with Crippen molar-refractivity contribution >= 4 is 30.1 Å². The molecule has 3 rings (SSSR count).